The summed E-state index contributed by atoms with van der Waals surface area (Å²) in [4.78, 5) is 28.6. The van der Waals surface area contributed by atoms with Crippen LogP contribution in [0.4, 0.5) is 13.2 Å². The first kappa shape index (κ1) is 30.5. The number of alkyl halides is 3. The second-order valence-corrected chi connectivity index (χ2v) is 11.0. The number of carbonyl (C=O) groups excluding carboxylic acids is 2. The predicted octanol–water partition coefficient (Wildman–Crippen LogP) is 5.87. The Morgan fingerprint density at radius 3 is 2.21 bits per heavy atom. The highest BCUT2D eigenvalue weighted by molar-refractivity contribution is 7.90. The lowest BCUT2D eigenvalue weighted by Gasteiger charge is -2.14. The lowest BCUT2D eigenvalue weighted by atomic mass is 10.0. The van der Waals surface area contributed by atoms with E-state index in [1.54, 1.807) is 54.6 Å². The van der Waals surface area contributed by atoms with Crippen molar-refractivity contribution in [3.8, 4) is 11.1 Å². The second kappa shape index (κ2) is 12.6. The average Bonchev–Trinajstić information content (AvgIpc) is 3.34. The van der Waals surface area contributed by atoms with Gasteiger partial charge >= 0.3 is 12.1 Å². The first-order valence-electron chi connectivity index (χ1n) is 13.0. The summed E-state index contributed by atoms with van der Waals surface area (Å²) in [5.41, 5.74) is -0.433. The fourth-order valence-corrected chi connectivity index (χ4v) is 5.64. The van der Waals surface area contributed by atoms with Crippen LogP contribution in [0, 0.1) is 0 Å². The van der Waals surface area contributed by atoms with Crippen LogP contribution in [-0.2, 0) is 33.9 Å². The number of nitrogens with one attached hydrogen (secondary N) is 1. The Morgan fingerprint density at radius 2 is 1.60 bits per heavy atom. The molecule has 0 bridgehead atoms. The molecule has 0 aliphatic carbocycles. The molecule has 0 unspecified atom stereocenters. The molecule has 1 amide bonds. The van der Waals surface area contributed by atoms with E-state index >= 15 is 0 Å². The molecule has 1 heterocycles. The van der Waals surface area contributed by atoms with Gasteiger partial charge in [0.1, 0.15) is 5.82 Å². The van der Waals surface area contributed by atoms with Gasteiger partial charge in [-0.15, -0.1) is 0 Å². The van der Waals surface area contributed by atoms with Crippen LogP contribution in [0.2, 0.25) is 0 Å². The number of esters is 1. The molecule has 0 atom stereocenters. The number of ether oxygens (including phenoxy) is 1. The predicted molar refractivity (Wildman–Crippen MR) is 149 cm³/mol. The number of halogens is 3. The summed E-state index contributed by atoms with van der Waals surface area (Å²) in [6.07, 6.45) is -3.34. The number of unbranched alkanes of at least 4 members (excludes halogenated alkanes) is 1. The van der Waals surface area contributed by atoms with Crippen molar-refractivity contribution >= 4 is 21.9 Å². The highest BCUT2D eigenvalue weighted by Gasteiger charge is 2.41. The second-order valence-electron chi connectivity index (χ2n) is 9.40. The molecule has 1 aromatic heterocycles. The Hall–Kier alpha value is -4.45. The average molecular weight is 600 g/mol. The maximum Gasteiger partial charge on any atom is 0.435 e. The maximum absolute atomic E-state index is 13.8. The van der Waals surface area contributed by atoms with Gasteiger partial charge in [-0.1, -0.05) is 74.0 Å². The normalized spacial score (nSPS) is 11.7. The van der Waals surface area contributed by atoms with Crippen LogP contribution in [0.5, 0.6) is 0 Å². The lowest BCUT2D eigenvalue weighted by molar-refractivity contribution is -0.141. The number of amides is 1. The molecule has 220 valence electrons. The number of hydrogen-bond acceptors (Lipinski definition) is 6. The van der Waals surface area contributed by atoms with Gasteiger partial charge in [0, 0.05) is 24.1 Å². The van der Waals surface area contributed by atoms with E-state index in [0.29, 0.717) is 29.5 Å². The number of methoxy groups -OCH3 is 1. The van der Waals surface area contributed by atoms with Crippen LogP contribution >= 0.6 is 0 Å². The highest BCUT2D eigenvalue weighted by atomic mass is 32.2. The minimum Gasteiger partial charge on any atom is -0.464 e. The largest absolute Gasteiger partial charge is 0.464 e. The summed E-state index contributed by atoms with van der Waals surface area (Å²) < 4.78 is 75.7. The number of aryl methyl sites for hydroxylation is 1. The number of benzene rings is 3. The number of rotatable bonds is 10. The summed E-state index contributed by atoms with van der Waals surface area (Å²) in [5, 5.41) is 0. The van der Waals surface area contributed by atoms with Crippen molar-refractivity contribution in [1.82, 2.24) is 14.3 Å². The molecule has 4 rings (SSSR count). The Balaban J connectivity index is 1.67. The fourth-order valence-electron chi connectivity index (χ4n) is 4.43. The zero-order valence-electron chi connectivity index (χ0n) is 22.8. The molecule has 0 spiro atoms. The van der Waals surface area contributed by atoms with Crippen molar-refractivity contribution in [3.05, 3.63) is 107 Å². The summed E-state index contributed by atoms with van der Waals surface area (Å²) >= 11 is 0. The molecule has 42 heavy (non-hydrogen) atoms. The molecule has 0 aliphatic heterocycles. The van der Waals surface area contributed by atoms with E-state index in [-0.39, 0.29) is 29.2 Å². The summed E-state index contributed by atoms with van der Waals surface area (Å²) in [5.74, 6) is -1.82. The third kappa shape index (κ3) is 6.71. The van der Waals surface area contributed by atoms with Crippen molar-refractivity contribution in [3.63, 3.8) is 0 Å². The Kier molecular flexibility index (Phi) is 9.15. The summed E-state index contributed by atoms with van der Waals surface area (Å²) in [7, 11) is -3.25. The van der Waals surface area contributed by atoms with Gasteiger partial charge in [-0.2, -0.15) is 13.2 Å². The van der Waals surface area contributed by atoms with Gasteiger partial charge in [-0.25, -0.2) is 22.9 Å². The molecule has 0 radical (unpaired) electrons. The van der Waals surface area contributed by atoms with Crippen LogP contribution in [0.15, 0.2) is 83.8 Å². The van der Waals surface area contributed by atoms with E-state index in [0.717, 1.165) is 7.11 Å². The third-order valence-electron chi connectivity index (χ3n) is 6.49. The minimum absolute atomic E-state index is 0.0973. The van der Waals surface area contributed by atoms with Crippen LogP contribution in [-0.4, -0.2) is 37.0 Å². The Labute approximate surface area is 241 Å². The molecule has 8 nitrogen and oxygen atoms in total. The van der Waals surface area contributed by atoms with Crippen LogP contribution in [0.25, 0.3) is 11.1 Å². The zero-order valence-corrected chi connectivity index (χ0v) is 23.6. The molecule has 12 heteroatoms. The van der Waals surface area contributed by atoms with Crippen LogP contribution in [0.3, 0.4) is 0 Å². The quantitative estimate of drug-likeness (QED) is 0.229. The topological polar surface area (TPSA) is 107 Å². The zero-order chi connectivity index (χ0) is 30.5. The monoisotopic (exact) mass is 599 g/mol. The van der Waals surface area contributed by atoms with Crippen LogP contribution in [0.1, 0.15) is 57.7 Å². The minimum atomic E-state index is -4.86. The van der Waals surface area contributed by atoms with Crippen molar-refractivity contribution < 1.29 is 35.9 Å². The SMILES string of the molecule is CCCCc1nc(C(F)(F)F)c(C(=O)OC)n1Cc1ccc(-c2ccccc2S(=O)(=O)NC(=O)c2ccccc2)cc1. The van der Waals surface area contributed by atoms with Gasteiger partial charge in [0.15, 0.2) is 11.4 Å². The molecule has 0 aliphatic rings. The van der Waals surface area contributed by atoms with E-state index < -0.39 is 39.5 Å². The molecule has 0 saturated heterocycles. The van der Waals surface area contributed by atoms with E-state index in [1.165, 1.54) is 28.8 Å². The van der Waals surface area contributed by atoms with Gasteiger partial charge in [0.2, 0.25) is 0 Å². The van der Waals surface area contributed by atoms with Crippen molar-refractivity contribution in [2.24, 2.45) is 0 Å². The van der Waals surface area contributed by atoms with Gasteiger partial charge < -0.3 is 9.30 Å². The molecule has 3 aromatic carbocycles. The molecule has 4 aromatic rings. The first-order valence-corrected chi connectivity index (χ1v) is 14.5. The van der Waals surface area contributed by atoms with E-state index in [9.17, 15) is 31.2 Å². The standard InChI is InChI=1S/C30H28F3N3O5S/c1-3-4-14-25-34-27(30(31,32)33)26(29(38)41-2)36(25)19-20-15-17-21(18-16-20)23-12-8-9-13-24(23)42(39,40)35-28(37)22-10-6-5-7-11-22/h5-13,15-18H,3-4,14,19H2,1-2H3,(H,35,37). The number of nitrogens with zero attached hydrogens (tertiary/aromatic N) is 2. The fraction of sp³-hybridized carbons (Fsp3) is 0.233. The maximum atomic E-state index is 13.8. The number of sulfonamides is 1. The van der Waals surface area contributed by atoms with Gasteiger partial charge in [-0.3, -0.25) is 4.79 Å². The molecular weight excluding hydrogens is 571 g/mol. The van der Waals surface area contributed by atoms with E-state index in [1.807, 2.05) is 6.92 Å². The van der Waals surface area contributed by atoms with Gasteiger partial charge in [0.05, 0.1) is 12.0 Å². The van der Waals surface area contributed by atoms with Crippen molar-refractivity contribution in [1.29, 1.82) is 0 Å². The van der Waals surface area contributed by atoms with E-state index in [4.69, 9.17) is 0 Å². The number of aromatic nitrogens is 2. The van der Waals surface area contributed by atoms with Gasteiger partial charge in [-0.05, 0) is 35.7 Å². The smallest absolute Gasteiger partial charge is 0.435 e. The molecular formula is C30H28F3N3O5S. The third-order valence-corrected chi connectivity index (χ3v) is 7.88. The first-order chi connectivity index (χ1) is 20.0. The van der Waals surface area contributed by atoms with Crippen molar-refractivity contribution in [2.45, 2.75) is 43.8 Å². The summed E-state index contributed by atoms with van der Waals surface area (Å²) in [6, 6.07) is 20.5. The lowest BCUT2D eigenvalue weighted by Crippen LogP contribution is -2.30. The summed E-state index contributed by atoms with van der Waals surface area (Å²) in [6.45, 7) is 1.79. The molecule has 0 fully saturated rings. The van der Waals surface area contributed by atoms with Crippen molar-refractivity contribution in [2.75, 3.05) is 7.11 Å². The Morgan fingerprint density at radius 1 is 0.952 bits per heavy atom. The number of carbonyl (C=O) groups is 2. The van der Waals surface area contributed by atoms with Crippen LogP contribution < -0.4 is 4.72 Å². The van der Waals surface area contributed by atoms with Gasteiger partial charge in [0.25, 0.3) is 15.9 Å². The molecule has 1 N–H and O–H groups in total. The highest BCUT2D eigenvalue weighted by Crippen LogP contribution is 2.34. The van der Waals surface area contributed by atoms with E-state index in [2.05, 4.69) is 14.4 Å². The number of imidazole rings is 1. The molecule has 0 saturated carbocycles. The Bertz CT molecular complexity index is 1680. The number of hydrogen-bond donors (Lipinski definition) is 1.